The van der Waals surface area contributed by atoms with Gasteiger partial charge in [0.15, 0.2) is 0 Å². The van der Waals surface area contributed by atoms with Gasteiger partial charge in [0.1, 0.15) is 11.4 Å². The first-order chi connectivity index (χ1) is 9.20. The standard InChI is InChI=1S/C13H17N5O2/c1-8-5-10(11(18(19)20)6-9(8)2)17-7-12(15-16-17)13(3,4)14/h5-7H,14H2,1-4H3. The number of benzene rings is 1. The Hall–Kier alpha value is -2.28. The molecule has 106 valence electrons. The summed E-state index contributed by atoms with van der Waals surface area (Å²) >= 11 is 0. The van der Waals surface area contributed by atoms with Crippen LogP contribution in [-0.2, 0) is 5.54 Å². The van der Waals surface area contributed by atoms with Gasteiger partial charge < -0.3 is 5.73 Å². The van der Waals surface area contributed by atoms with Gasteiger partial charge in [-0.15, -0.1) is 5.10 Å². The molecule has 0 saturated heterocycles. The van der Waals surface area contributed by atoms with Crippen molar-refractivity contribution in [2.75, 3.05) is 0 Å². The number of nitrogens with zero attached hydrogens (tertiary/aromatic N) is 4. The Morgan fingerprint density at radius 2 is 1.90 bits per heavy atom. The van der Waals surface area contributed by atoms with E-state index in [1.165, 1.54) is 4.68 Å². The molecule has 2 rings (SSSR count). The third kappa shape index (κ3) is 2.53. The van der Waals surface area contributed by atoms with Crippen LogP contribution >= 0.6 is 0 Å². The van der Waals surface area contributed by atoms with Crippen LogP contribution in [0.2, 0.25) is 0 Å². The van der Waals surface area contributed by atoms with Gasteiger partial charge in [-0.1, -0.05) is 5.21 Å². The van der Waals surface area contributed by atoms with Crippen molar-refractivity contribution in [3.05, 3.63) is 45.3 Å². The topological polar surface area (TPSA) is 99.9 Å². The van der Waals surface area contributed by atoms with Crippen LogP contribution in [0, 0.1) is 24.0 Å². The maximum atomic E-state index is 11.2. The van der Waals surface area contributed by atoms with Crippen molar-refractivity contribution in [1.82, 2.24) is 15.0 Å². The molecule has 0 aliphatic rings. The molecule has 2 N–H and O–H groups in total. The predicted octanol–water partition coefficient (Wildman–Crippen LogP) is 1.99. The number of aromatic nitrogens is 3. The molecule has 1 aromatic heterocycles. The molecule has 0 aliphatic heterocycles. The van der Waals surface area contributed by atoms with Crippen molar-refractivity contribution >= 4 is 5.69 Å². The second-order valence-electron chi connectivity index (χ2n) is 5.45. The van der Waals surface area contributed by atoms with E-state index >= 15 is 0 Å². The van der Waals surface area contributed by atoms with Gasteiger partial charge >= 0.3 is 0 Å². The average Bonchev–Trinajstić information content (AvgIpc) is 2.80. The van der Waals surface area contributed by atoms with Gasteiger partial charge in [0, 0.05) is 6.07 Å². The van der Waals surface area contributed by atoms with E-state index in [0.717, 1.165) is 11.1 Å². The van der Waals surface area contributed by atoms with Crippen molar-refractivity contribution in [1.29, 1.82) is 0 Å². The average molecular weight is 275 g/mol. The summed E-state index contributed by atoms with van der Waals surface area (Å²) < 4.78 is 1.40. The molecule has 0 unspecified atom stereocenters. The van der Waals surface area contributed by atoms with E-state index in [0.29, 0.717) is 11.4 Å². The monoisotopic (exact) mass is 275 g/mol. The van der Waals surface area contributed by atoms with E-state index in [2.05, 4.69) is 10.3 Å². The molecule has 0 fully saturated rings. The molecule has 0 amide bonds. The lowest BCUT2D eigenvalue weighted by Gasteiger charge is -2.13. The fourth-order valence-electron chi connectivity index (χ4n) is 1.79. The fourth-order valence-corrected chi connectivity index (χ4v) is 1.79. The lowest BCUT2D eigenvalue weighted by atomic mass is 10.0. The molecular weight excluding hydrogens is 258 g/mol. The Bertz CT molecular complexity index is 670. The smallest absolute Gasteiger partial charge is 0.295 e. The lowest BCUT2D eigenvalue weighted by molar-refractivity contribution is -0.384. The fraction of sp³-hybridized carbons (Fsp3) is 0.385. The van der Waals surface area contributed by atoms with Crippen LogP contribution in [0.5, 0.6) is 0 Å². The van der Waals surface area contributed by atoms with E-state index < -0.39 is 10.5 Å². The molecule has 0 aliphatic carbocycles. The third-order valence-electron chi connectivity index (χ3n) is 3.19. The largest absolute Gasteiger partial charge is 0.320 e. The first-order valence-corrected chi connectivity index (χ1v) is 6.18. The molecular formula is C13H17N5O2. The van der Waals surface area contributed by atoms with Gasteiger partial charge in [-0.05, 0) is 44.9 Å². The molecule has 1 heterocycles. The van der Waals surface area contributed by atoms with Crippen LogP contribution in [0.1, 0.15) is 30.7 Å². The highest BCUT2D eigenvalue weighted by Crippen LogP contribution is 2.26. The molecule has 7 heteroatoms. The summed E-state index contributed by atoms with van der Waals surface area (Å²) in [6.07, 6.45) is 1.62. The van der Waals surface area contributed by atoms with E-state index in [-0.39, 0.29) is 5.69 Å². The van der Waals surface area contributed by atoms with Gasteiger partial charge in [0.05, 0.1) is 16.7 Å². The Kier molecular flexibility index (Phi) is 3.31. The first-order valence-electron chi connectivity index (χ1n) is 6.18. The van der Waals surface area contributed by atoms with Gasteiger partial charge in [0.2, 0.25) is 0 Å². The normalized spacial score (nSPS) is 11.7. The van der Waals surface area contributed by atoms with Gasteiger partial charge in [-0.2, -0.15) is 0 Å². The highest BCUT2D eigenvalue weighted by molar-refractivity contribution is 5.56. The van der Waals surface area contributed by atoms with E-state index in [1.54, 1.807) is 32.2 Å². The quantitative estimate of drug-likeness (QED) is 0.682. The summed E-state index contributed by atoms with van der Waals surface area (Å²) in [5, 5.41) is 19.1. The minimum Gasteiger partial charge on any atom is -0.320 e. The number of nitro benzene ring substituents is 1. The van der Waals surface area contributed by atoms with Crippen molar-refractivity contribution in [3.63, 3.8) is 0 Å². The van der Waals surface area contributed by atoms with Crippen LogP contribution in [0.3, 0.4) is 0 Å². The number of hydrogen-bond donors (Lipinski definition) is 1. The molecule has 2 aromatic rings. The Labute approximate surface area is 116 Å². The van der Waals surface area contributed by atoms with Crippen LogP contribution in [-0.4, -0.2) is 19.9 Å². The summed E-state index contributed by atoms with van der Waals surface area (Å²) in [5.41, 5.74) is 8.08. The van der Waals surface area contributed by atoms with Crippen LogP contribution < -0.4 is 5.73 Å². The number of hydrogen-bond acceptors (Lipinski definition) is 5. The molecule has 20 heavy (non-hydrogen) atoms. The molecule has 0 radical (unpaired) electrons. The zero-order valence-corrected chi connectivity index (χ0v) is 11.9. The van der Waals surface area contributed by atoms with Crippen molar-refractivity contribution in [3.8, 4) is 5.69 Å². The predicted molar refractivity (Wildman–Crippen MR) is 74.7 cm³/mol. The summed E-state index contributed by atoms with van der Waals surface area (Å²) in [5.74, 6) is 0. The minimum atomic E-state index is -0.646. The minimum absolute atomic E-state index is 0.000576. The summed E-state index contributed by atoms with van der Waals surface area (Å²) in [6, 6.07) is 3.27. The van der Waals surface area contributed by atoms with Crippen molar-refractivity contribution < 1.29 is 4.92 Å². The highest BCUT2D eigenvalue weighted by Gasteiger charge is 2.22. The molecule has 7 nitrogen and oxygen atoms in total. The van der Waals surface area contributed by atoms with Crippen LogP contribution in [0.25, 0.3) is 5.69 Å². The lowest BCUT2D eigenvalue weighted by Crippen LogP contribution is -2.29. The van der Waals surface area contributed by atoms with Crippen molar-refractivity contribution in [2.45, 2.75) is 33.2 Å². The number of nitro groups is 1. The molecule has 1 aromatic carbocycles. The Morgan fingerprint density at radius 1 is 1.30 bits per heavy atom. The molecule has 0 spiro atoms. The Morgan fingerprint density at radius 3 is 2.40 bits per heavy atom. The van der Waals surface area contributed by atoms with Crippen LogP contribution in [0.4, 0.5) is 5.69 Å². The molecule has 0 atom stereocenters. The zero-order chi connectivity index (χ0) is 15.1. The summed E-state index contributed by atoms with van der Waals surface area (Å²) in [4.78, 5) is 10.8. The highest BCUT2D eigenvalue weighted by atomic mass is 16.6. The van der Waals surface area contributed by atoms with E-state index in [1.807, 2.05) is 13.8 Å². The maximum absolute atomic E-state index is 11.2. The number of rotatable bonds is 3. The Balaban J connectivity index is 2.60. The number of nitrogens with two attached hydrogens (primary N) is 1. The second kappa shape index (κ2) is 4.68. The van der Waals surface area contributed by atoms with Gasteiger partial charge in [0.25, 0.3) is 5.69 Å². The van der Waals surface area contributed by atoms with E-state index in [9.17, 15) is 10.1 Å². The van der Waals surface area contributed by atoms with Crippen molar-refractivity contribution in [2.24, 2.45) is 5.73 Å². The second-order valence-corrected chi connectivity index (χ2v) is 5.45. The van der Waals surface area contributed by atoms with Crippen LogP contribution in [0.15, 0.2) is 18.3 Å². The molecule has 0 saturated carbocycles. The third-order valence-corrected chi connectivity index (χ3v) is 3.19. The first kappa shape index (κ1) is 14.1. The van der Waals surface area contributed by atoms with Gasteiger partial charge in [-0.3, -0.25) is 10.1 Å². The summed E-state index contributed by atoms with van der Waals surface area (Å²) in [6.45, 7) is 7.33. The number of aryl methyl sites for hydroxylation is 2. The van der Waals surface area contributed by atoms with Gasteiger partial charge in [-0.25, -0.2) is 4.68 Å². The van der Waals surface area contributed by atoms with E-state index in [4.69, 9.17) is 5.73 Å². The SMILES string of the molecule is Cc1cc(-n2cc(C(C)(C)N)nn2)c([N+](=O)[O-])cc1C. The summed E-state index contributed by atoms with van der Waals surface area (Å²) in [7, 11) is 0. The maximum Gasteiger partial charge on any atom is 0.295 e. The molecule has 0 bridgehead atoms. The zero-order valence-electron chi connectivity index (χ0n) is 11.9.